The van der Waals surface area contributed by atoms with Crippen LogP contribution in [0.4, 0.5) is 0 Å². The second kappa shape index (κ2) is 7.40. The number of hydrogen-bond acceptors (Lipinski definition) is 3. The Balaban J connectivity index is 1.62. The SMILES string of the molecule is Cc1cc(C)n(CCC(=O)N2CC[C@H](c3ccccc3Cl)C2)c(=O)n1. The van der Waals surface area contributed by atoms with E-state index in [9.17, 15) is 9.59 Å². The minimum atomic E-state index is -0.291. The Morgan fingerprint density at radius 3 is 2.80 bits per heavy atom. The van der Waals surface area contributed by atoms with Gasteiger partial charge < -0.3 is 4.90 Å². The molecule has 0 saturated carbocycles. The van der Waals surface area contributed by atoms with E-state index in [4.69, 9.17) is 11.6 Å². The quantitative estimate of drug-likeness (QED) is 0.843. The van der Waals surface area contributed by atoms with Crippen molar-refractivity contribution in [2.24, 2.45) is 0 Å². The van der Waals surface area contributed by atoms with Gasteiger partial charge in [0, 0.05) is 48.4 Å². The lowest BCUT2D eigenvalue weighted by atomic mass is 9.98. The van der Waals surface area contributed by atoms with Crippen molar-refractivity contribution < 1.29 is 4.79 Å². The van der Waals surface area contributed by atoms with Crippen molar-refractivity contribution in [1.82, 2.24) is 14.5 Å². The topological polar surface area (TPSA) is 55.2 Å². The summed E-state index contributed by atoms with van der Waals surface area (Å²) in [6, 6.07) is 9.67. The van der Waals surface area contributed by atoms with Crippen LogP contribution in [0.5, 0.6) is 0 Å². The average Bonchev–Trinajstić information content (AvgIpc) is 3.04. The van der Waals surface area contributed by atoms with Crippen LogP contribution in [0.1, 0.15) is 35.7 Å². The maximum Gasteiger partial charge on any atom is 0.347 e. The van der Waals surface area contributed by atoms with Crippen molar-refractivity contribution in [2.45, 2.75) is 39.2 Å². The van der Waals surface area contributed by atoms with Gasteiger partial charge in [-0.15, -0.1) is 0 Å². The van der Waals surface area contributed by atoms with E-state index in [1.165, 1.54) is 0 Å². The molecule has 0 unspecified atom stereocenters. The third-order valence-corrected chi connectivity index (χ3v) is 5.13. The molecule has 3 rings (SSSR count). The number of halogens is 1. The molecule has 1 aromatic heterocycles. The number of nitrogens with zero attached hydrogens (tertiary/aromatic N) is 3. The lowest BCUT2D eigenvalue weighted by molar-refractivity contribution is -0.130. The predicted octanol–water partition coefficient (Wildman–Crippen LogP) is 2.92. The van der Waals surface area contributed by atoms with Crippen molar-refractivity contribution in [3.8, 4) is 0 Å². The number of benzene rings is 1. The molecule has 2 heterocycles. The van der Waals surface area contributed by atoms with Gasteiger partial charge in [-0.1, -0.05) is 29.8 Å². The molecule has 1 aliphatic heterocycles. The Morgan fingerprint density at radius 1 is 1.32 bits per heavy atom. The number of amides is 1. The molecule has 1 aromatic carbocycles. The normalized spacial score (nSPS) is 17.1. The monoisotopic (exact) mass is 359 g/mol. The van der Waals surface area contributed by atoms with Gasteiger partial charge in [-0.2, -0.15) is 4.98 Å². The van der Waals surface area contributed by atoms with Crippen molar-refractivity contribution in [1.29, 1.82) is 0 Å². The zero-order valence-corrected chi connectivity index (χ0v) is 15.3. The number of carbonyl (C=O) groups excluding carboxylic acids is 1. The Bertz CT molecular complexity index is 847. The summed E-state index contributed by atoms with van der Waals surface area (Å²) in [5.41, 5.74) is 2.35. The molecule has 0 aliphatic carbocycles. The summed E-state index contributed by atoms with van der Waals surface area (Å²) >= 11 is 6.27. The minimum absolute atomic E-state index is 0.0708. The number of hydrogen-bond donors (Lipinski definition) is 0. The highest BCUT2D eigenvalue weighted by Gasteiger charge is 2.28. The molecular weight excluding hydrogens is 338 g/mol. The van der Waals surface area contributed by atoms with Gasteiger partial charge in [0.2, 0.25) is 5.91 Å². The zero-order valence-electron chi connectivity index (χ0n) is 14.5. The standard InChI is InChI=1S/C19H22ClN3O2/c1-13-11-14(2)23(19(25)21-13)10-8-18(24)22-9-7-15(12-22)16-5-3-4-6-17(16)20/h3-6,11,15H,7-10,12H2,1-2H3/t15-/m0/s1. The Kier molecular flexibility index (Phi) is 5.23. The van der Waals surface area contributed by atoms with Gasteiger partial charge in [0.1, 0.15) is 0 Å². The highest BCUT2D eigenvalue weighted by Crippen LogP contribution is 2.32. The van der Waals surface area contributed by atoms with Crippen molar-refractivity contribution >= 4 is 17.5 Å². The van der Waals surface area contributed by atoms with Crippen LogP contribution in [-0.2, 0) is 11.3 Å². The van der Waals surface area contributed by atoms with Gasteiger partial charge in [0.25, 0.3) is 0 Å². The number of rotatable bonds is 4. The zero-order chi connectivity index (χ0) is 18.0. The van der Waals surface area contributed by atoms with E-state index in [1.807, 2.05) is 42.2 Å². The van der Waals surface area contributed by atoms with Gasteiger partial charge in [0.05, 0.1) is 0 Å². The maximum atomic E-state index is 12.5. The second-order valence-electron chi connectivity index (χ2n) is 6.57. The lowest BCUT2D eigenvalue weighted by Gasteiger charge is -2.18. The molecule has 0 bridgehead atoms. The second-order valence-corrected chi connectivity index (χ2v) is 6.98. The van der Waals surface area contributed by atoms with E-state index in [1.54, 1.807) is 11.5 Å². The van der Waals surface area contributed by atoms with Crippen LogP contribution in [0.3, 0.4) is 0 Å². The Labute approximate surface area is 152 Å². The molecule has 132 valence electrons. The lowest BCUT2D eigenvalue weighted by Crippen LogP contribution is -2.32. The average molecular weight is 360 g/mol. The summed E-state index contributed by atoms with van der Waals surface area (Å²) in [5, 5.41) is 0.759. The first-order valence-corrected chi connectivity index (χ1v) is 8.91. The summed E-state index contributed by atoms with van der Waals surface area (Å²) in [4.78, 5) is 30.3. The van der Waals surface area contributed by atoms with E-state index in [0.717, 1.165) is 29.2 Å². The van der Waals surface area contributed by atoms with Crippen LogP contribution >= 0.6 is 11.6 Å². The van der Waals surface area contributed by atoms with Crippen molar-refractivity contribution in [3.63, 3.8) is 0 Å². The summed E-state index contributed by atoms with van der Waals surface area (Å²) in [6.07, 6.45) is 1.22. The fraction of sp³-hybridized carbons (Fsp3) is 0.421. The molecule has 0 radical (unpaired) electrons. The largest absolute Gasteiger partial charge is 0.347 e. The molecule has 0 spiro atoms. The van der Waals surface area contributed by atoms with E-state index in [2.05, 4.69) is 4.98 Å². The van der Waals surface area contributed by atoms with Crippen LogP contribution in [0.25, 0.3) is 0 Å². The van der Waals surface area contributed by atoms with E-state index >= 15 is 0 Å². The molecule has 1 aliphatic rings. The first-order valence-electron chi connectivity index (χ1n) is 8.53. The van der Waals surface area contributed by atoms with Gasteiger partial charge in [-0.25, -0.2) is 4.79 Å². The molecule has 1 amide bonds. The number of carbonyl (C=O) groups is 1. The third kappa shape index (κ3) is 3.93. The van der Waals surface area contributed by atoms with Crippen molar-refractivity contribution in [3.05, 3.63) is 62.8 Å². The number of aromatic nitrogens is 2. The van der Waals surface area contributed by atoms with E-state index < -0.39 is 0 Å². The first-order chi connectivity index (χ1) is 12.0. The van der Waals surface area contributed by atoms with E-state index in [0.29, 0.717) is 25.2 Å². The Morgan fingerprint density at radius 2 is 2.08 bits per heavy atom. The molecule has 1 fully saturated rings. The fourth-order valence-electron chi connectivity index (χ4n) is 3.46. The molecule has 5 nitrogen and oxygen atoms in total. The predicted molar refractivity (Wildman–Crippen MR) is 98.0 cm³/mol. The fourth-order valence-corrected chi connectivity index (χ4v) is 3.75. The van der Waals surface area contributed by atoms with Crippen LogP contribution in [0.2, 0.25) is 5.02 Å². The Hall–Kier alpha value is -2.14. The van der Waals surface area contributed by atoms with Gasteiger partial charge >= 0.3 is 5.69 Å². The summed E-state index contributed by atoms with van der Waals surface area (Å²) in [5.74, 6) is 0.351. The van der Waals surface area contributed by atoms with Crippen LogP contribution in [0, 0.1) is 13.8 Å². The molecular formula is C19H22ClN3O2. The van der Waals surface area contributed by atoms with E-state index in [-0.39, 0.29) is 17.5 Å². The first kappa shape index (κ1) is 17.7. The van der Waals surface area contributed by atoms with Crippen LogP contribution in [0.15, 0.2) is 35.1 Å². The van der Waals surface area contributed by atoms with Crippen molar-refractivity contribution in [2.75, 3.05) is 13.1 Å². The van der Waals surface area contributed by atoms with Gasteiger partial charge in [0.15, 0.2) is 0 Å². The smallest absolute Gasteiger partial charge is 0.342 e. The number of likely N-dealkylation sites (tertiary alicyclic amines) is 1. The highest BCUT2D eigenvalue weighted by molar-refractivity contribution is 6.31. The number of aryl methyl sites for hydroxylation is 2. The molecule has 1 atom stereocenters. The van der Waals surface area contributed by atoms with Crippen LogP contribution in [-0.4, -0.2) is 33.4 Å². The van der Waals surface area contributed by atoms with Gasteiger partial charge in [-0.3, -0.25) is 9.36 Å². The summed E-state index contributed by atoms with van der Waals surface area (Å²) in [7, 11) is 0. The molecule has 2 aromatic rings. The van der Waals surface area contributed by atoms with Gasteiger partial charge in [-0.05, 0) is 38.0 Å². The minimum Gasteiger partial charge on any atom is -0.342 e. The highest BCUT2D eigenvalue weighted by atomic mass is 35.5. The summed E-state index contributed by atoms with van der Waals surface area (Å²) in [6.45, 7) is 5.44. The molecule has 6 heteroatoms. The molecule has 1 saturated heterocycles. The molecule has 0 N–H and O–H groups in total. The summed E-state index contributed by atoms with van der Waals surface area (Å²) < 4.78 is 1.56. The van der Waals surface area contributed by atoms with Crippen LogP contribution < -0.4 is 5.69 Å². The third-order valence-electron chi connectivity index (χ3n) is 4.78. The maximum absolute atomic E-state index is 12.5. The molecule has 25 heavy (non-hydrogen) atoms.